The van der Waals surface area contributed by atoms with Crippen molar-refractivity contribution in [3.63, 3.8) is 0 Å². The second-order valence-electron chi connectivity index (χ2n) is 8.18. The van der Waals surface area contributed by atoms with Gasteiger partial charge < -0.3 is 11.1 Å². The molecule has 2 bridgehead atoms. The highest BCUT2D eigenvalue weighted by molar-refractivity contribution is 7.89. The van der Waals surface area contributed by atoms with Crippen molar-refractivity contribution >= 4 is 15.9 Å². The molecule has 1 aromatic rings. The van der Waals surface area contributed by atoms with Crippen molar-refractivity contribution in [1.82, 2.24) is 19.8 Å². The lowest BCUT2D eigenvalue weighted by Crippen LogP contribution is -2.57. The lowest BCUT2D eigenvalue weighted by atomic mass is 9.67. The van der Waals surface area contributed by atoms with E-state index in [9.17, 15) is 13.2 Å². The van der Waals surface area contributed by atoms with Crippen molar-refractivity contribution in [2.75, 3.05) is 0 Å². The maximum Gasteiger partial charge on any atom is 0.244 e. The summed E-state index contributed by atoms with van der Waals surface area (Å²) < 4.78 is 29.6. The van der Waals surface area contributed by atoms with E-state index in [1.165, 1.54) is 11.1 Å². The molecule has 0 aliphatic heterocycles. The van der Waals surface area contributed by atoms with Crippen LogP contribution in [0.5, 0.6) is 0 Å². The average molecular weight is 398 g/mol. The molecule has 2 saturated carbocycles. The van der Waals surface area contributed by atoms with Crippen LogP contribution in [-0.2, 0) is 21.9 Å². The minimum Gasteiger partial charge on any atom is -0.351 e. The number of sulfonamides is 1. The van der Waals surface area contributed by atoms with Gasteiger partial charge >= 0.3 is 0 Å². The smallest absolute Gasteiger partial charge is 0.244 e. The third kappa shape index (κ3) is 4.05. The van der Waals surface area contributed by atoms with Crippen LogP contribution < -0.4 is 15.8 Å². The Balaban J connectivity index is 1.69. The molecule has 4 N–H and O–H groups in total. The highest BCUT2D eigenvalue weighted by atomic mass is 32.2. The van der Waals surface area contributed by atoms with E-state index in [1.807, 2.05) is 0 Å². The van der Waals surface area contributed by atoms with Gasteiger partial charge in [0.2, 0.25) is 15.9 Å². The van der Waals surface area contributed by atoms with Crippen molar-refractivity contribution in [3.8, 4) is 0 Å². The normalized spacial score (nSPS) is 29.4. The van der Waals surface area contributed by atoms with E-state index in [0.717, 1.165) is 25.7 Å². The van der Waals surface area contributed by atoms with Gasteiger partial charge in [-0.05, 0) is 58.3 Å². The molecule has 2 aliphatic rings. The number of carbonyl (C=O) groups is 1. The molecule has 0 radical (unpaired) electrons. The van der Waals surface area contributed by atoms with E-state index in [-0.39, 0.29) is 22.9 Å². The minimum atomic E-state index is -3.83. The van der Waals surface area contributed by atoms with Crippen molar-refractivity contribution in [1.29, 1.82) is 0 Å². The number of hydrogen-bond donors (Lipinski definition) is 3. The third-order valence-corrected chi connectivity index (χ3v) is 7.91. The van der Waals surface area contributed by atoms with E-state index in [2.05, 4.69) is 15.1 Å². The molecule has 0 spiro atoms. The summed E-state index contributed by atoms with van der Waals surface area (Å²) >= 11 is 0. The van der Waals surface area contributed by atoms with Crippen LogP contribution in [0.4, 0.5) is 0 Å². The molecule has 2 fully saturated rings. The largest absolute Gasteiger partial charge is 0.351 e. The van der Waals surface area contributed by atoms with Gasteiger partial charge in [0.25, 0.3) is 0 Å². The van der Waals surface area contributed by atoms with Crippen LogP contribution in [-0.4, -0.2) is 42.2 Å². The zero-order valence-electron chi connectivity index (χ0n) is 16.5. The van der Waals surface area contributed by atoms with Crippen LogP contribution in [0.15, 0.2) is 4.90 Å². The Kier molecular flexibility index (Phi) is 5.65. The predicted octanol–water partition coefficient (Wildman–Crippen LogP) is 0.726. The van der Waals surface area contributed by atoms with Gasteiger partial charge in [0.15, 0.2) is 0 Å². The fourth-order valence-corrected chi connectivity index (χ4v) is 6.44. The zero-order chi connectivity index (χ0) is 19.9. The number of nitrogens with zero attached hydrogens (tertiary/aromatic N) is 2. The number of amides is 1. The maximum atomic E-state index is 12.8. The molecule has 1 amide bonds. The van der Waals surface area contributed by atoms with Crippen LogP contribution in [0.3, 0.4) is 0 Å². The topological polar surface area (TPSA) is 119 Å². The summed E-state index contributed by atoms with van der Waals surface area (Å²) in [5.74, 6) is 0.501. The molecule has 2 aliphatic carbocycles. The van der Waals surface area contributed by atoms with E-state index in [0.29, 0.717) is 23.2 Å². The Bertz CT molecular complexity index is 805. The molecule has 9 heteroatoms. The second kappa shape index (κ2) is 7.52. The summed E-state index contributed by atoms with van der Waals surface area (Å²) in [6, 6.07) is -0.550. The molecule has 152 valence electrons. The number of nitrogens with one attached hydrogen (secondary N) is 2. The summed E-state index contributed by atoms with van der Waals surface area (Å²) in [4.78, 5) is 12.9. The highest BCUT2D eigenvalue weighted by Crippen LogP contribution is 2.39. The highest BCUT2D eigenvalue weighted by Gasteiger charge is 2.40. The molecular formula is C18H31N5O3S. The Morgan fingerprint density at radius 1 is 1.26 bits per heavy atom. The van der Waals surface area contributed by atoms with Crippen LogP contribution >= 0.6 is 0 Å². The lowest BCUT2D eigenvalue weighted by molar-refractivity contribution is -0.124. The number of hydrogen-bond acceptors (Lipinski definition) is 5. The first-order valence-corrected chi connectivity index (χ1v) is 11.2. The Morgan fingerprint density at radius 3 is 2.37 bits per heavy atom. The quantitative estimate of drug-likeness (QED) is 0.677. The van der Waals surface area contributed by atoms with Crippen molar-refractivity contribution in [2.24, 2.45) is 24.6 Å². The first-order chi connectivity index (χ1) is 12.6. The average Bonchev–Trinajstić information content (AvgIpc) is 2.80. The van der Waals surface area contributed by atoms with Crippen molar-refractivity contribution < 1.29 is 13.2 Å². The second-order valence-corrected chi connectivity index (χ2v) is 9.83. The molecule has 0 saturated heterocycles. The molecular weight excluding hydrogens is 366 g/mol. The van der Waals surface area contributed by atoms with Gasteiger partial charge in [0.05, 0.1) is 17.4 Å². The van der Waals surface area contributed by atoms with Crippen LogP contribution in [0.25, 0.3) is 0 Å². The molecule has 27 heavy (non-hydrogen) atoms. The SMILES string of the molecule is Cc1nn(C)c(C)c1S(=O)(=O)NC(C)C(=O)NC1C2CCCC1CC(N)C2. The van der Waals surface area contributed by atoms with E-state index >= 15 is 0 Å². The first-order valence-electron chi connectivity index (χ1n) is 9.68. The summed E-state index contributed by atoms with van der Waals surface area (Å²) in [5, 5.41) is 7.26. The molecule has 3 unspecified atom stereocenters. The minimum absolute atomic E-state index is 0.0971. The Labute approximate surface area is 161 Å². The number of rotatable bonds is 5. The van der Waals surface area contributed by atoms with Crippen LogP contribution in [0.1, 0.15) is 50.4 Å². The Morgan fingerprint density at radius 2 is 1.85 bits per heavy atom. The fraction of sp³-hybridized carbons (Fsp3) is 0.778. The number of nitrogens with two attached hydrogens (primary N) is 1. The van der Waals surface area contributed by atoms with Gasteiger partial charge in [0, 0.05) is 19.1 Å². The van der Waals surface area contributed by atoms with E-state index < -0.39 is 16.1 Å². The van der Waals surface area contributed by atoms with Gasteiger partial charge in [-0.2, -0.15) is 9.82 Å². The number of aryl methyl sites for hydroxylation is 2. The summed E-state index contributed by atoms with van der Waals surface area (Å²) in [6.07, 6.45) is 5.17. The van der Waals surface area contributed by atoms with Gasteiger partial charge in [-0.25, -0.2) is 8.42 Å². The monoisotopic (exact) mass is 397 g/mol. The molecule has 0 aromatic carbocycles. The van der Waals surface area contributed by atoms with Crippen molar-refractivity contribution in [3.05, 3.63) is 11.4 Å². The summed E-state index contributed by atoms with van der Waals surface area (Å²) in [6.45, 7) is 4.93. The van der Waals surface area contributed by atoms with E-state index in [1.54, 1.807) is 27.8 Å². The van der Waals surface area contributed by atoms with Gasteiger partial charge in [-0.3, -0.25) is 9.48 Å². The molecule has 3 atom stereocenters. The summed E-state index contributed by atoms with van der Waals surface area (Å²) in [7, 11) is -2.13. The van der Waals surface area contributed by atoms with E-state index in [4.69, 9.17) is 5.73 Å². The molecule has 1 aromatic heterocycles. The fourth-order valence-electron chi connectivity index (χ4n) is 4.80. The predicted molar refractivity (Wildman–Crippen MR) is 102 cm³/mol. The van der Waals surface area contributed by atoms with Crippen molar-refractivity contribution in [2.45, 2.75) is 75.9 Å². The van der Waals surface area contributed by atoms with Gasteiger partial charge in [0.1, 0.15) is 4.90 Å². The van der Waals surface area contributed by atoms with Crippen LogP contribution in [0.2, 0.25) is 0 Å². The van der Waals surface area contributed by atoms with Gasteiger partial charge in [-0.15, -0.1) is 0 Å². The lowest BCUT2D eigenvalue weighted by Gasteiger charge is -2.45. The maximum absolute atomic E-state index is 12.8. The third-order valence-electron chi connectivity index (χ3n) is 6.12. The first kappa shape index (κ1) is 20.3. The molecule has 8 nitrogen and oxygen atoms in total. The molecule has 3 rings (SSSR count). The van der Waals surface area contributed by atoms with Gasteiger partial charge in [-0.1, -0.05) is 6.42 Å². The number of aromatic nitrogens is 2. The number of fused-ring (bicyclic) bond motifs is 2. The Hall–Kier alpha value is -1.45. The zero-order valence-corrected chi connectivity index (χ0v) is 17.3. The standard InChI is InChI=1S/C18H31N5O3S/c1-10-17(12(3)23(4)21-10)27(25,26)22-11(2)18(24)20-16-13-6-5-7-14(16)9-15(19)8-13/h11,13-16,22H,5-9,19H2,1-4H3,(H,20,24). The molecule has 1 heterocycles. The summed E-state index contributed by atoms with van der Waals surface area (Å²) in [5.41, 5.74) is 7.11. The van der Waals surface area contributed by atoms with Crippen LogP contribution in [0, 0.1) is 25.7 Å². The number of carbonyl (C=O) groups excluding carboxylic acids is 1.